The van der Waals surface area contributed by atoms with Crippen molar-refractivity contribution in [2.75, 3.05) is 5.32 Å². The molecule has 14 heavy (non-hydrogen) atoms. The Bertz CT molecular complexity index is 391. The second kappa shape index (κ2) is 4.23. The van der Waals surface area contributed by atoms with Crippen LogP contribution in [0.1, 0.15) is 11.3 Å². The summed E-state index contributed by atoms with van der Waals surface area (Å²) in [5.74, 6) is 0. The highest BCUT2D eigenvalue weighted by Gasteiger charge is 2.10. The highest BCUT2D eigenvalue weighted by molar-refractivity contribution is 9.10. The van der Waals surface area contributed by atoms with E-state index in [1.165, 1.54) is 6.08 Å². The number of carbonyl (C=O) groups is 1. The number of nitrogens with one attached hydrogen (secondary N) is 1. The molecule has 0 atom stereocenters. The number of hydrogen-bond donors (Lipinski definition) is 2. The molecule has 1 aromatic heterocycles. The molecule has 5 heteroatoms. The van der Waals surface area contributed by atoms with Crippen molar-refractivity contribution in [1.82, 2.24) is 4.98 Å². The summed E-state index contributed by atoms with van der Waals surface area (Å²) in [7, 11) is 0. The van der Waals surface area contributed by atoms with E-state index in [4.69, 9.17) is 5.11 Å². The van der Waals surface area contributed by atoms with E-state index in [0.29, 0.717) is 11.4 Å². The third-order valence-corrected chi connectivity index (χ3v) is 2.53. The molecule has 0 spiro atoms. The molecule has 1 heterocycles. The molecule has 0 aliphatic heterocycles. The molecule has 1 aromatic rings. The minimum Gasteiger partial charge on any atom is -0.465 e. The zero-order chi connectivity index (χ0) is 10.7. The van der Waals surface area contributed by atoms with Gasteiger partial charge in [0.1, 0.15) is 0 Å². The third kappa shape index (κ3) is 2.11. The van der Waals surface area contributed by atoms with Gasteiger partial charge >= 0.3 is 6.09 Å². The lowest BCUT2D eigenvalue weighted by Gasteiger charge is -2.09. The highest BCUT2D eigenvalue weighted by Crippen LogP contribution is 2.26. The van der Waals surface area contributed by atoms with Crippen LogP contribution >= 0.6 is 15.9 Å². The van der Waals surface area contributed by atoms with Gasteiger partial charge in [0.25, 0.3) is 0 Å². The molecule has 4 nitrogen and oxygen atoms in total. The largest absolute Gasteiger partial charge is 0.465 e. The lowest BCUT2D eigenvalue weighted by molar-refractivity contribution is 0.209. The van der Waals surface area contributed by atoms with Crippen molar-refractivity contribution in [3.8, 4) is 0 Å². The summed E-state index contributed by atoms with van der Waals surface area (Å²) in [6.45, 7) is 5.35. The Hall–Kier alpha value is -1.36. The summed E-state index contributed by atoms with van der Waals surface area (Å²) in [5.41, 5.74) is 1.77. The van der Waals surface area contributed by atoms with Crippen molar-refractivity contribution in [1.29, 1.82) is 0 Å². The molecule has 0 aliphatic carbocycles. The standard InChI is InChI=1S/C9H9BrN2O2/c1-3-7-8(12-9(13)14)5(2)6(10)4-11-7/h3-4,12H,1H2,2H3,(H,13,14). The van der Waals surface area contributed by atoms with Gasteiger partial charge in [-0.1, -0.05) is 6.58 Å². The Kier molecular flexibility index (Phi) is 3.24. The molecular weight excluding hydrogens is 248 g/mol. The number of hydrogen-bond acceptors (Lipinski definition) is 2. The molecule has 0 radical (unpaired) electrons. The van der Waals surface area contributed by atoms with Crippen molar-refractivity contribution >= 4 is 33.8 Å². The van der Waals surface area contributed by atoms with Crippen molar-refractivity contribution in [3.63, 3.8) is 0 Å². The average Bonchev–Trinajstić information content (AvgIpc) is 2.13. The second-order valence-corrected chi connectivity index (χ2v) is 3.48. The molecule has 0 aromatic carbocycles. The smallest absolute Gasteiger partial charge is 0.409 e. The zero-order valence-corrected chi connectivity index (χ0v) is 9.13. The van der Waals surface area contributed by atoms with E-state index in [9.17, 15) is 4.79 Å². The molecule has 0 unspecified atom stereocenters. The van der Waals surface area contributed by atoms with E-state index in [1.807, 2.05) is 0 Å². The molecule has 0 saturated heterocycles. The first kappa shape index (κ1) is 10.7. The van der Waals surface area contributed by atoms with Crippen LogP contribution in [-0.2, 0) is 0 Å². The van der Waals surface area contributed by atoms with E-state index >= 15 is 0 Å². The maximum atomic E-state index is 10.5. The quantitative estimate of drug-likeness (QED) is 0.856. The van der Waals surface area contributed by atoms with Gasteiger partial charge in [0.15, 0.2) is 0 Å². The number of rotatable bonds is 2. The number of amides is 1. The third-order valence-electron chi connectivity index (χ3n) is 1.73. The lowest BCUT2D eigenvalue weighted by atomic mass is 10.2. The number of pyridine rings is 1. The van der Waals surface area contributed by atoms with E-state index in [2.05, 4.69) is 32.8 Å². The van der Waals surface area contributed by atoms with Gasteiger partial charge in [-0.2, -0.15) is 0 Å². The summed E-state index contributed by atoms with van der Waals surface area (Å²) >= 11 is 3.27. The fraction of sp³-hybridized carbons (Fsp3) is 0.111. The van der Waals surface area contributed by atoms with Crippen LogP contribution in [-0.4, -0.2) is 16.2 Å². The highest BCUT2D eigenvalue weighted by atomic mass is 79.9. The minimum absolute atomic E-state index is 0.460. The fourth-order valence-corrected chi connectivity index (χ4v) is 1.32. The summed E-state index contributed by atoms with van der Waals surface area (Å²) in [4.78, 5) is 14.5. The number of halogens is 1. The Morgan fingerprint density at radius 2 is 2.43 bits per heavy atom. The molecule has 1 amide bonds. The Morgan fingerprint density at radius 1 is 1.79 bits per heavy atom. The SMILES string of the molecule is C=Cc1ncc(Br)c(C)c1NC(=O)O. The average molecular weight is 257 g/mol. The van der Waals surface area contributed by atoms with Crippen LogP contribution in [0, 0.1) is 6.92 Å². The van der Waals surface area contributed by atoms with E-state index in [0.717, 1.165) is 10.0 Å². The Labute approximate surface area is 89.8 Å². The molecule has 0 fully saturated rings. The normalized spacial score (nSPS) is 9.57. The molecule has 0 saturated carbocycles. The number of aromatic nitrogens is 1. The lowest BCUT2D eigenvalue weighted by Crippen LogP contribution is -2.10. The number of anilines is 1. The summed E-state index contributed by atoms with van der Waals surface area (Å²) in [6, 6.07) is 0. The van der Waals surface area contributed by atoms with Crippen molar-refractivity contribution in [2.45, 2.75) is 6.92 Å². The Balaban J connectivity index is 3.27. The summed E-state index contributed by atoms with van der Waals surface area (Å²) < 4.78 is 0.756. The van der Waals surface area contributed by atoms with Gasteiger partial charge < -0.3 is 5.11 Å². The van der Waals surface area contributed by atoms with Crippen LogP contribution in [0.5, 0.6) is 0 Å². The van der Waals surface area contributed by atoms with Crippen LogP contribution in [0.3, 0.4) is 0 Å². The Morgan fingerprint density at radius 3 is 2.93 bits per heavy atom. The van der Waals surface area contributed by atoms with Crippen molar-refractivity contribution < 1.29 is 9.90 Å². The van der Waals surface area contributed by atoms with Crippen molar-refractivity contribution in [3.05, 3.63) is 28.5 Å². The van der Waals surface area contributed by atoms with Gasteiger partial charge in [0.05, 0.1) is 11.4 Å². The van der Waals surface area contributed by atoms with Gasteiger partial charge in [-0.15, -0.1) is 0 Å². The van der Waals surface area contributed by atoms with E-state index in [-0.39, 0.29) is 0 Å². The van der Waals surface area contributed by atoms with E-state index in [1.54, 1.807) is 13.1 Å². The zero-order valence-electron chi connectivity index (χ0n) is 7.54. The van der Waals surface area contributed by atoms with Gasteiger partial charge in [-0.25, -0.2) is 4.79 Å². The summed E-state index contributed by atoms with van der Waals surface area (Å²) in [5, 5.41) is 10.9. The van der Waals surface area contributed by atoms with Gasteiger partial charge in [-0.3, -0.25) is 10.3 Å². The van der Waals surface area contributed by atoms with Crippen LogP contribution in [0.15, 0.2) is 17.2 Å². The van der Waals surface area contributed by atoms with Crippen LogP contribution < -0.4 is 5.32 Å². The maximum Gasteiger partial charge on any atom is 0.409 e. The van der Waals surface area contributed by atoms with Gasteiger partial charge in [0, 0.05) is 10.7 Å². The first-order chi connectivity index (χ1) is 6.56. The van der Waals surface area contributed by atoms with Crippen LogP contribution in [0.2, 0.25) is 0 Å². The van der Waals surface area contributed by atoms with Gasteiger partial charge in [0.2, 0.25) is 0 Å². The molecule has 2 N–H and O–H groups in total. The monoisotopic (exact) mass is 256 g/mol. The topological polar surface area (TPSA) is 62.2 Å². The van der Waals surface area contributed by atoms with Gasteiger partial charge in [-0.05, 0) is 34.5 Å². The predicted octanol–water partition coefficient (Wildman–Crippen LogP) is 2.89. The molecule has 74 valence electrons. The minimum atomic E-state index is -1.11. The maximum absolute atomic E-state index is 10.5. The molecule has 0 bridgehead atoms. The number of nitrogens with zero attached hydrogens (tertiary/aromatic N) is 1. The van der Waals surface area contributed by atoms with Crippen LogP contribution in [0.25, 0.3) is 6.08 Å². The molecular formula is C9H9BrN2O2. The first-order valence-electron chi connectivity index (χ1n) is 3.83. The molecule has 1 rings (SSSR count). The predicted molar refractivity (Wildman–Crippen MR) is 58.4 cm³/mol. The van der Waals surface area contributed by atoms with E-state index < -0.39 is 6.09 Å². The first-order valence-corrected chi connectivity index (χ1v) is 4.63. The number of carboxylic acid groups (broad SMARTS) is 1. The second-order valence-electron chi connectivity index (χ2n) is 2.63. The molecule has 0 aliphatic rings. The van der Waals surface area contributed by atoms with Crippen molar-refractivity contribution in [2.24, 2.45) is 0 Å². The summed E-state index contributed by atoms with van der Waals surface area (Å²) in [6.07, 6.45) is 2.00. The van der Waals surface area contributed by atoms with Crippen LogP contribution in [0.4, 0.5) is 10.5 Å². The fourth-order valence-electron chi connectivity index (χ4n) is 1.02.